The number of phenols is 2. The maximum Gasteiger partial charge on any atom is 0.229 e. The molecule has 5 nitrogen and oxygen atoms in total. The minimum atomic E-state index is -0.797. The lowest BCUT2D eigenvalue weighted by atomic mass is 9.87. The van der Waals surface area contributed by atoms with Crippen molar-refractivity contribution < 1.29 is 24.9 Å². The Kier molecular flexibility index (Phi) is 2.90. The Morgan fingerprint density at radius 2 is 1.63 bits per heavy atom. The van der Waals surface area contributed by atoms with Gasteiger partial charge in [-0.2, -0.15) is 0 Å². The van der Waals surface area contributed by atoms with Crippen molar-refractivity contribution in [2.45, 2.75) is 13.8 Å². The number of ketones is 2. The topological polar surface area (TPSA) is 94.8 Å². The van der Waals surface area contributed by atoms with Crippen LogP contribution in [0.4, 0.5) is 0 Å². The maximum absolute atomic E-state index is 11.6. The second kappa shape index (κ2) is 4.28. The van der Waals surface area contributed by atoms with Crippen molar-refractivity contribution in [3.63, 3.8) is 0 Å². The molecular weight excluding hydrogens is 248 g/mol. The molecular formula is C14H12O5. The summed E-state index contributed by atoms with van der Waals surface area (Å²) in [5.74, 6) is -2.28. The van der Waals surface area contributed by atoms with Crippen LogP contribution in [-0.4, -0.2) is 26.9 Å². The number of hydrogen-bond acceptors (Lipinski definition) is 5. The van der Waals surface area contributed by atoms with E-state index in [1.807, 2.05) is 0 Å². The molecule has 1 aromatic rings. The Balaban J connectivity index is 2.75. The summed E-state index contributed by atoms with van der Waals surface area (Å²) < 4.78 is 0. The molecule has 0 spiro atoms. The van der Waals surface area contributed by atoms with Crippen LogP contribution in [0.1, 0.15) is 18.1 Å². The van der Waals surface area contributed by atoms with Gasteiger partial charge in [-0.3, -0.25) is 9.59 Å². The van der Waals surface area contributed by atoms with Gasteiger partial charge in [0.05, 0.1) is 0 Å². The summed E-state index contributed by atoms with van der Waals surface area (Å²) in [4.78, 5) is 22.9. The molecule has 3 N–H and O–H groups in total. The fraction of sp³-hybridized carbons (Fsp3) is 0.143. The van der Waals surface area contributed by atoms with Gasteiger partial charge >= 0.3 is 0 Å². The quantitative estimate of drug-likeness (QED) is 0.528. The maximum atomic E-state index is 11.6. The standard InChI is InChI=1S/C14H12O5/c1-6-3-8(15)4-9(16)12(6)13-7(2)14(19)11(18)5-10(13)17/h3-5,15-17H,1-2H3. The van der Waals surface area contributed by atoms with E-state index in [0.717, 1.165) is 12.1 Å². The molecule has 1 aromatic carbocycles. The lowest BCUT2D eigenvalue weighted by Crippen LogP contribution is -2.19. The average molecular weight is 260 g/mol. The first-order valence-electron chi connectivity index (χ1n) is 5.56. The second-order valence-electron chi connectivity index (χ2n) is 4.38. The number of allylic oxidation sites excluding steroid dienone is 3. The normalized spacial score (nSPS) is 15.8. The van der Waals surface area contributed by atoms with Crippen LogP contribution in [0.15, 0.2) is 29.5 Å². The zero-order chi connectivity index (χ0) is 14.3. The Morgan fingerprint density at radius 1 is 1.00 bits per heavy atom. The monoisotopic (exact) mass is 260 g/mol. The van der Waals surface area contributed by atoms with Gasteiger partial charge < -0.3 is 15.3 Å². The van der Waals surface area contributed by atoms with Gasteiger partial charge in [-0.05, 0) is 25.5 Å². The zero-order valence-electron chi connectivity index (χ0n) is 10.4. The Labute approximate surface area is 109 Å². The van der Waals surface area contributed by atoms with Gasteiger partial charge in [0.1, 0.15) is 17.3 Å². The molecule has 1 aliphatic rings. The summed E-state index contributed by atoms with van der Waals surface area (Å²) in [5, 5.41) is 29.1. The Bertz CT molecular complexity index is 641. The van der Waals surface area contributed by atoms with Gasteiger partial charge in [-0.15, -0.1) is 0 Å². The van der Waals surface area contributed by atoms with E-state index < -0.39 is 11.6 Å². The van der Waals surface area contributed by atoms with E-state index in [9.17, 15) is 24.9 Å². The van der Waals surface area contributed by atoms with Crippen molar-refractivity contribution in [1.82, 2.24) is 0 Å². The fourth-order valence-electron chi connectivity index (χ4n) is 2.14. The third-order valence-corrected chi connectivity index (χ3v) is 3.01. The van der Waals surface area contributed by atoms with Crippen LogP contribution in [0, 0.1) is 6.92 Å². The van der Waals surface area contributed by atoms with Gasteiger partial charge in [0, 0.05) is 28.9 Å². The molecule has 19 heavy (non-hydrogen) atoms. The molecule has 0 amide bonds. The molecule has 0 bridgehead atoms. The first-order chi connectivity index (χ1) is 8.82. The lowest BCUT2D eigenvalue weighted by molar-refractivity contribution is -0.131. The summed E-state index contributed by atoms with van der Waals surface area (Å²) in [6.45, 7) is 3.02. The smallest absolute Gasteiger partial charge is 0.229 e. The minimum absolute atomic E-state index is 0.0640. The number of aliphatic hydroxyl groups is 1. The third-order valence-electron chi connectivity index (χ3n) is 3.01. The molecule has 0 radical (unpaired) electrons. The van der Waals surface area contributed by atoms with Crippen LogP contribution >= 0.6 is 0 Å². The number of hydrogen-bond donors (Lipinski definition) is 3. The largest absolute Gasteiger partial charge is 0.508 e. The molecule has 98 valence electrons. The number of rotatable bonds is 1. The molecule has 0 aliphatic heterocycles. The van der Waals surface area contributed by atoms with Crippen molar-refractivity contribution >= 4 is 17.1 Å². The van der Waals surface area contributed by atoms with Crippen LogP contribution in [0.25, 0.3) is 5.57 Å². The van der Waals surface area contributed by atoms with E-state index in [2.05, 4.69) is 0 Å². The summed E-state index contributed by atoms with van der Waals surface area (Å²) in [6, 6.07) is 2.50. The van der Waals surface area contributed by atoms with E-state index in [0.29, 0.717) is 5.56 Å². The van der Waals surface area contributed by atoms with Crippen molar-refractivity contribution in [2.75, 3.05) is 0 Å². The molecule has 1 aliphatic carbocycles. The summed E-state index contributed by atoms with van der Waals surface area (Å²) >= 11 is 0. The highest BCUT2D eigenvalue weighted by Gasteiger charge is 2.28. The van der Waals surface area contributed by atoms with Crippen molar-refractivity contribution in [3.8, 4) is 11.5 Å². The van der Waals surface area contributed by atoms with Gasteiger partial charge in [-0.25, -0.2) is 0 Å². The molecule has 0 heterocycles. The first kappa shape index (κ1) is 12.9. The minimum Gasteiger partial charge on any atom is -0.508 e. The number of aryl methyl sites for hydroxylation is 1. The Morgan fingerprint density at radius 3 is 2.21 bits per heavy atom. The molecule has 0 unspecified atom stereocenters. The molecule has 5 heteroatoms. The summed E-state index contributed by atoms with van der Waals surface area (Å²) in [5.41, 5.74) is 0.882. The van der Waals surface area contributed by atoms with Crippen LogP contribution in [0.3, 0.4) is 0 Å². The van der Waals surface area contributed by atoms with Crippen LogP contribution in [0.5, 0.6) is 11.5 Å². The first-order valence-corrected chi connectivity index (χ1v) is 5.56. The Hall–Kier alpha value is -2.56. The van der Waals surface area contributed by atoms with Gasteiger partial charge in [0.15, 0.2) is 0 Å². The lowest BCUT2D eigenvalue weighted by Gasteiger charge is -2.18. The molecule has 0 atom stereocenters. The van der Waals surface area contributed by atoms with Gasteiger partial charge in [0.25, 0.3) is 0 Å². The van der Waals surface area contributed by atoms with E-state index in [4.69, 9.17) is 0 Å². The molecule has 0 aromatic heterocycles. The van der Waals surface area contributed by atoms with Crippen LogP contribution in [0.2, 0.25) is 0 Å². The number of carbonyl (C=O) groups excluding carboxylic acids is 2. The highest BCUT2D eigenvalue weighted by Crippen LogP contribution is 2.38. The number of phenolic OH excluding ortho intramolecular Hbond substituents is 2. The van der Waals surface area contributed by atoms with E-state index in [-0.39, 0.29) is 34.0 Å². The third kappa shape index (κ3) is 1.99. The summed E-state index contributed by atoms with van der Waals surface area (Å²) in [6.07, 6.45) is 0.830. The number of Topliss-reactive ketones (excluding diaryl/α,β-unsaturated/α-hetero) is 1. The van der Waals surface area contributed by atoms with Crippen molar-refractivity contribution in [2.24, 2.45) is 0 Å². The predicted molar refractivity (Wildman–Crippen MR) is 67.8 cm³/mol. The predicted octanol–water partition coefficient (Wildman–Crippen LogP) is 1.77. The molecule has 2 rings (SSSR count). The number of aromatic hydroxyl groups is 2. The van der Waals surface area contributed by atoms with Crippen LogP contribution in [-0.2, 0) is 9.59 Å². The van der Waals surface area contributed by atoms with Crippen molar-refractivity contribution in [3.05, 3.63) is 40.7 Å². The number of aliphatic hydroxyl groups excluding tert-OH is 1. The highest BCUT2D eigenvalue weighted by atomic mass is 16.3. The van der Waals surface area contributed by atoms with Gasteiger partial charge in [0.2, 0.25) is 11.6 Å². The van der Waals surface area contributed by atoms with E-state index in [1.54, 1.807) is 6.92 Å². The average Bonchev–Trinajstić information content (AvgIpc) is 2.29. The second-order valence-corrected chi connectivity index (χ2v) is 4.38. The van der Waals surface area contributed by atoms with Gasteiger partial charge in [-0.1, -0.05) is 0 Å². The van der Waals surface area contributed by atoms with Crippen LogP contribution < -0.4 is 0 Å². The fourth-order valence-corrected chi connectivity index (χ4v) is 2.14. The molecule has 0 saturated heterocycles. The summed E-state index contributed by atoms with van der Waals surface area (Å²) in [7, 11) is 0. The number of benzene rings is 1. The molecule has 0 fully saturated rings. The van der Waals surface area contributed by atoms with Crippen molar-refractivity contribution in [1.29, 1.82) is 0 Å². The SMILES string of the molecule is CC1=C(c2c(C)cc(O)cc2O)C(O)=CC(=O)C1=O. The molecule has 0 saturated carbocycles. The van der Waals surface area contributed by atoms with E-state index in [1.165, 1.54) is 13.0 Å². The highest BCUT2D eigenvalue weighted by molar-refractivity contribution is 6.50. The number of carbonyl (C=O) groups is 2. The van der Waals surface area contributed by atoms with E-state index >= 15 is 0 Å². The zero-order valence-corrected chi connectivity index (χ0v) is 10.4.